The lowest BCUT2D eigenvalue weighted by molar-refractivity contribution is 1.06. The molecule has 0 atom stereocenters. The van der Waals surface area contributed by atoms with Crippen molar-refractivity contribution in [3.63, 3.8) is 0 Å². The van der Waals surface area contributed by atoms with Crippen LogP contribution >= 0.6 is 0 Å². The summed E-state index contributed by atoms with van der Waals surface area (Å²) in [6, 6.07) is 8.39. The van der Waals surface area contributed by atoms with Gasteiger partial charge in [-0.05, 0) is 30.5 Å². The fourth-order valence-corrected chi connectivity index (χ4v) is 1.98. The van der Waals surface area contributed by atoms with Gasteiger partial charge in [-0.1, -0.05) is 25.1 Å². The lowest BCUT2D eigenvalue weighted by Crippen LogP contribution is -2.00. The molecule has 0 saturated heterocycles. The molecule has 2 aromatic rings. The van der Waals surface area contributed by atoms with Crippen molar-refractivity contribution in [3.05, 3.63) is 41.1 Å². The third kappa shape index (κ3) is 1.73. The van der Waals surface area contributed by atoms with Crippen molar-refractivity contribution in [1.82, 2.24) is 4.98 Å². The van der Waals surface area contributed by atoms with Gasteiger partial charge >= 0.3 is 0 Å². The predicted molar refractivity (Wildman–Crippen MR) is 63.7 cm³/mol. The fraction of sp³-hybridized carbons (Fsp3) is 0.308. The highest BCUT2D eigenvalue weighted by Crippen LogP contribution is 2.21. The number of pyridine rings is 1. The van der Waals surface area contributed by atoms with E-state index in [-0.39, 0.29) is 0 Å². The zero-order chi connectivity index (χ0) is 10.8. The molecule has 2 rings (SSSR count). The van der Waals surface area contributed by atoms with E-state index >= 15 is 0 Å². The van der Waals surface area contributed by atoms with E-state index in [4.69, 9.17) is 5.73 Å². The summed E-state index contributed by atoms with van der Waals surface area (Å²) in [5, 5.41) is 1.20. The Kier molecular flexibility index (Phi) is 2.69. The Morgan fingerprint density at radius 3 is 2.73 bits per heavy atom. The molecule has 1 aromatic carbocycles. The second-order valence-corrected chi connectivity index (χ2v) is 3.79. The minimum absolute atomic E-state index is 0.576. The summed E-state index contributed by atoms with van der Waals surface area (Å²) in [7, 11) is 0. The minimum Gasteiger partial charge on any atom is -0.326 e. The molecule has 0 aliphatic heterocycles. The number of para-hydroxylation sites is 1. The number of aryl methyl sites for hydroxylation is 2. The molecule has 0 saturated carbocycles. The highest BCUT2D eigenvalue weighted by Gasteiger charge is 2.05. The largest absolute Gasteiger partial charge is 0.326 e. The lowest BCUT2D eigenvalue weighted by atomic mass is 10.0. The van der Waals surface area contributed by atoms with Crippen molar-refractivity contribution in [2.24, 2.45) is 5.73 Å². The number of nitrogens with zero attached hydrogens (tertiary/aromatic N) is 1. The average molecular weight is 200 g/mol. The quantitative estimate of drug-likeness (QED) is 0.809. The van der Waals surface area contributed by atoms with Crippen LogP contribution in [-0.2, 0) is 13.0 Å². The van der Waals surface area contributed by atoms with Crippen molar-refractivity contribution in [1.29, 1.82) is 0 Å². The molecule has 2 nitrogen and oxygen atoms in total. The molecule has 0 aliphatic rings. The molecule has 0 aliphatic carbocycles. The van der Waals surface area contributed by atoms with Crippen LogP contribution in [0.2, 0.25) is 0 Å². The van der Waals surface area contributed by atoms with E-state index in [1.165, 1.54) is 16.5 Å². The van der Waals surface area contributed by atoms with Crippen LogP contribution in [0, 0.1) is 6.92 Å². The molecular formula is C13H16N2. The summed E-state index contributed by atoms with van der Waals surface area (Å²) in [4.78, 5) is 4.60. The summed E-state index contributed by atoms with van der Waals surface area (Å²) < 4.78 is 0. The number of fused-ring (bicyclic) bond motifs is 1. The number of aromatic nitrogens is 1. The second-order valence-electron chi connectivity index (χ2n) is 3.79. The van der Waals surface area contributed by atoms with Gasteiger partial charge in [-0.15, -0.1) is 0 Å². The number of benzene rings is 1. The Bertz CT molecular complexity index is 489. The van der Waals surface area contributed by atoms with Crippen LogP contribution in [0.4, 0.5) is 0 Å². The Morgan fingerprint density at radius 1 is 1.27 bits per heavy atom. The van der Waals surface area contributed by atoms with Crippen LogP contribution in [0.15, 0.2) is 24.3 Å². The van der Waals surface area contributed by atoms with Gasteiger partial charge in [-0.2, -0.15) is 0 Å². The molecule has 0 fully saturated rings. The Morgan fingerprint density at radius 2 is 2.07 bits per heavy atom. The van der Waals surface area contributed by atoms with E-state index in [9.17, 15) is 0 Å². The molecule has 2 heteroatoms. The van der Waals surface area contributed by atoms with E-state index in [0.29, 0.717) is 6.54 Å². The molecule has 15 heavy (non-hydrogen) atoms. The fourth-order valence-electron chi connectivity index (χ4n) is 1.98. The predicted octanol–water partition coefficient (Wildman–Crippen LogP) is 2.56. The van der Waals surface area contributed by atoms with Crippen molar-refractivity contribution < 1.29 is 0 Å². The monoisotopic (exact) mass is 200 g/mol. The van der Waals surface area contributed by atoms with Gasteiger partial charge in [0.05, 0.1) is 5.52 Å². The van der Waals surface area contributed by atoms with Crippen molar-refractivity contribution in [2.75, 3.05) is 0 Å². The molecule has 1 aromatic heterocycles. The minimum atomic E-state index is 0.576. The summed E-state index contributed by atoms with van der Waals surface area (Å²) in [6.45, 7) is 4.75. The van der Waals surface area contributed by atoms with E-state index in [1.807, 2.05) is 6.92 Å². The van der Waals surface area contributed by atoms with Crippen LogP contribution in [-0.4, -0.2) is 4.98 Å². The van der Waals surface area contributed by atoms with Gasteiger partial charge in [-0.25, -0.2) is 0 Å². The summed E-state index contributed by atoms with van der Waals surface area (Å²) in [5.74, 6) is 0. The third-order valence-corrected chi connectivity index (χ3v) is 2.74. The maximum Gasteiger partial charge on any atom is 0.0740 e. The first-order chi connectivity index (χ1) is 7.26. The van der Waals surface area contributed by atoms with Crippen molar-refractivity contribution >= 4 is 10.9 Å². The van der Waals surface area contributed by atoms with E-state index in [0.717, 1.165) is 17.6 Å². The standard InChI is InChI=1S/C13H16N2/c1-3-10-5-4-6-12-11(8-14)7-9(2)15-13(10)12/h4-7H,3,8,14H2,1-2H3. The van der Waals surface area contributed by atoms with Gasteiger partial charge in [0.25, 0.3) is 0 Å². The first kappa shape index (κ1) is 10.1. The number of hydrogen-bond acceptors (Lipinski definition) is 2. The zero-order valence-electron chi connectivity index (χ0n) is 9.25. The maximum atomic E-state index is 5.75. The number of rotatable bonds is 2. The van der Waals surface area contributed by atoms with Crippen LogP contribution < -0.4 is 5.73 Å². The Balaban J connectivity index is 2.82. The van der Waals surface area contributed by atoms with E-state index in [2.05, 4.69) is 36.2 Å². The first-order valence-corrected chi connectivity index (χ1v) is 5.34. The normalized spacial score (nSPS) is 10.9. The second kappa shape index (κ2) is 3.99. The van der Waals surface area contributed by atoms with Crippen molar-refractivity contribution in [3.8, 4) is 0 Å². The van der Waals surface area contributed by atoms with Crippen molar-refractivity contribution in [2.45, 2.75) is 26.8 Å². The molecule has 0 bridgehead atoms. The maximum absolute atomic E-state index is 5.75. The molecule has 78 valence electrons. The molecule has 2 N–H and O–H groups in total. The molecule has 0 spiro atoms. The topological polar surface area (TPSA) is 38.9 Å². The smallest absolute Gasteiger partial charge is 0.0740 e. The van der Waals surface area contributed by atoms with Gasteiger partial charge < -0.3 is 5.73 Å². The highest BCUT2D eigenvalue weighted by molar-refractivity contribution is 5.85. The van der Waals surface area contributed by atoms with Gasteiger partial charge in [0.2, 0.25) is 0 Å². The SMILES string of the molecule is CCc1cccc2c(CN)cc(C)nc12. The molecule has 1 heterocycles. The number of nitrogens with two attached hydrogens (primary N) is 1. The van der Waals surface area contributed by atoms with E-state index in [1.54, 1.807) is 0 Å². The highest BCUT2D eigenvalue weighted by atomic mass is 14.7. The van der Waals surface area contributed by atoms with Gasteiger partial charge in [0.15, 0.2) is 0 Å². The van der Waals surface area contributed by atoms with Crippen LogP contribution in [0.5, 0.6) is 0 Å². The summed E-state index contributed by atoms with van der Waals surface area (Å²) in [5.41, 5.74) is 10.4. The third-order valence-electron chi connectivity index (χ3n) is 2.74. The van der Waals surface area contributed by atoms with Crippen LogP contribution in [0.25, 0.3) is 10.9 Å². The average Bonchev–Trinajstić information content (AvgIpc) is 2.27. The first-order valence-electron chi connectivity index (χ1n) is 5.34. The van der Waals surface area contributed by atoms with Crippen LogP contribution in [0.3, 0.4) is 0 Å². The van der Waals surface area contributed by atoms with E-state index < -0.39 is 0 Å². The Labute approximate surface area is 90.1 Å². The molecule has 0 amide bonds. The van der Waals surface area contributed by atoms with Crippen LogP contribution in [0.1, 0.15) is 23.7 Å². The molecular weight excluding hydrogens is 184 g/mol. The van der Waals surface area contributed by atoms with Gasteiger partial charge in [0.1, 0.15) is 0 Å². The van der Waals surface area contributed by atoms with Gasteiger partial charge in [0, 0.05) is 17.6 Å². The summed E-state index contributed by atoms with van der Waals surface area (Å²) >= 11 is 0. The number of hydrogen-bond donors (Lipinski definition) is 1. The van der Waals surface area contributed by atoms with Gasteiger partial charge in [-0.3, -0.25) is 4.98 Å². The lowest BCUT2D eigenvalue weighted by Gasteiger charge is -2.08. The molecule has 0 radical (unpaired) electrons. The molecule has 0 unspecified atom stereocenters. The Hall–Kier alpha value is -1.41. The zero-order valence-corrected chi connectivity index (χ0v) is 9.25. The summed E-state index contributed by atoms with van der Waals surface area (Å²) in [6.07, 6.45) is 1.01.